The van der Waals surface area contributed by atoms with Crippen molar-refractivity contribution in [3.8, 4) is 0 Å². The highest BCUT2D eigenvalue weighted by atomic mass is 32.2. The van der Waals surface area contributed by atoms with E-state index in [-0.39, 0.29) is 22.8 Å². The van der Waals surface area contributed by atoms with Crippen LogP contribution in [0.5, 0.6) is 0 Å². The summed E-state index contributed by atoms with van der Waals surface area (Å²) in [5.74, 6) is -1.12. The first-order chi connectivity index (χ1) is 8.36. The van der Waals surface area contributed by atoms with Crippen LogP contribution >= 0.6 is 11.8 Å². The molecule has 1 unspecified atom stereocenters. The van der Waals surface area contributed by atoms with Crippen LogP contribution in [-0.2, 0) is 4.79 Å². The number of halogens is 3. The maximum Gasteiger partial charge on any atom is 0.412 e. The summed E-state index contributed by atoms with van der Waals surface area (Å²) in [6.45, 7) is 0. The van der Waals surface area contributed by atoms with Gasteiger partial charge in [0, 0.05) is 16.1 Å². The van der Waals surface area contributed by atoms with Gasteiger partial charge in [-0.2, -0.15) is 24.9 Å². The van der Waals surface area contributed by atoms with E-state index in [1.807, 2.05) is 0 Å². The minimum absolute atomic E-state index is 0.0150. The third-order valence-electron chi connectivity index (χ3n) is 3.22. The van der Waals surface area contributed by atoms with Crippen molar-refractivity contribution in [3.05, 3.63) is 23.8 Å². The van der Waals surface area contributed by atoms with Crippen molar-refractivity contribution in [3.63, 3.8) is 0 Å². The Bertz CT molecular complexity index is 395. The molecule has 6 heteroatoms. The van der Waals surface area contributed by atoms with Gasteiger partial charge in [-0.1, -0.05) is 18.2 Å². The average Bonchev–Trinajstić information content (AvgIpc) is 2.21. The van der Waals surface area contributed by atoms with Gasteiger partial charge >= 0.3 is 12.1 Å². The fourth-order valence-corrected chi connectivity index (χ4v) is 3.72. The number of hydrogen-bond acceptors (Lipinski definition) is 2. The molecular formula is C12H13F3O2S. The lowest BCUT2D eigenvalue weighted by Gasteiger charge is -2.34. The van der Waals surface area contributed by atoms with Gasteiger partial charge in [-0.3, -0.25) is 4.79 Å². The summed E-state index contributed by atoms with van der Waals surface area (Å²) in [4.78, 5) is 10.6. The lowest BCUT2D eigenvalue weighted by atomic mass is 9.85. The molecule has 0 bridgehead atoms. The zero-order chi connectivity index (χ0) is 13.3. The van der Waals surface area contributed by atoms with Crippen molar-refractivity contribution >= 4 is 17.7 Å². The molecule has 100 valence electrons. The zero-order valence-corrected chi connectivity index (χ0v) is 10.3. The number of rotatable bonds is 3. The third-order valence-corrected chi connectivity index (χ3v) is 4.66. The fourth-order valence-electron chi connectivity index (χ4n) is 2.08. The monoisotopic (exact) mass is 278 g/mol. The summed E-state index contributed by atoms with van der Waals surface area (Å²) in [6, 6.07) is 0. The van der Waals surface area contributed by atoms with Crippen molar-refractivity contribution in [1.29, 1.82) is 0 Å². The van der Waals surface area contributed by atoms with Crippen LogP contribution in [0.1, 0.15) is 19.3 Å². The average molecular weight is 278 g/mol. The summed E-state index contributed by atoms with van der Waals surface area (Å²) in [7, 11) is 0. The Hall–Kier alpha value is -0.910. The molecule has 1 fully saturated rings. The molecule has 2 aliphatic carbocycles. The van der Waals surface area contributed by atoms with Gasteiger partial charge in [0.1, 0.15) is 0 Å². The van der Waals surface area contributed by atoms with Gasteiger partial charge in [0.15, 0.2) is 0 Å². The van der Waals surface area contributed by atoms with Crippen LogP contribution in [0.15, 0.2) is 23.8 Å². The van der Waals surface area contributed by atoms with E-state index in [4.69, 9.17) is 5.11 Å². The number of carboxylic acid groups (broad SMARTS) is 1. The number of allylic oxidation sites excluding steroid dienone is 3. The molecular weight excluding hydrogens is 265 g/mol. The standard InChI is InChI=1S/C12H13F3O2S/c13-12(14,15)8-2-1-3-9(6-8)18-10-4-7(5-10)11(16)17/h1-3,7,9-10H,4-6H2,(H,16,17). The third kappa shape index (κ3) is 3.10. The number of aliphatic carboxylic acids is 1. The second kappa shape index (κ2) is 4.99. The molecule has 0 aromatic rings. The Morgan fingerprint density at radius 3 is 2.61 bits per heavy atom. The fraction of sp³-hybridized carbons (Fsp3) is 0.583. The van der Waals surface area contributed by atoms with E-state index in [9.17, 15) is 18.0 Å². The van der Waals surface area contributed by atoms with Crippen molar-refractivity contribution in [2.75, 3.05) is 0 Å². The van der Waals surface area contributed by atoms with E-state index in [1.165, 1.54) is 17.8 Å². The molecule has 0 heterocycles. The molecule has 1 atom stereocenters. The Morgan fingerprint density at radius 2 is 2.06 bits per heavy atom. The maximum atomic E-state index is 12.5. The van der Waals surface area contributed by atoms with Crippen molar-refractivity contribution in [2.24, 2.45) is 5.92 Å². The predicted molar refractivity (Wildman–Crippen MR) is 63.4 cm³/mol. The highest BCUT2D eigenvalue weighted by Crippen LogP contribution is 2.43. The molecule has 0 aliphatic heterocycles. The van der Waals surface area contributed by atoms with E-state index in [2.05, 4.69) is 0 Å². The summed E-state index contributed by atoms with van der Waals surface area (Å²) < 4.78 is 37.6. The van der Waals surface area contributed by atoms with Crippen LogP contribution in [0.2, 0.25) is 0 Å². The second-order valence-electron chi connectivity index (χ2n) is 4.58. The molecule has 0 saturated heterocycles. The number of alkyl halides is 3. The van der Waals surface area contributed by atoms with E-state index in [1.54, 1.807) is 6.08 Å². The van der Waals surface area contributed by atoms with Crippen LogP contribution in [-0.4, -0.2) is 27.8 Å². The van der Waals surface area contributed by atoms with Crippen LogP contribution in [0, 0.1) is 5.92 Å². The van der Waals surface area contributed by atoms with Gasteiger partial charge in [0.25, 0.3) is 0 Å². The lowest BCUT2D eigenvalue weighted by molar-refractivity contribution is -0.144. The Kier molecular flexibility index (Phi) is 3.75. The van der Waals surface area contributed by atoms with Crippen LogP contribution in [0.25, 0.3) is 0 Å². The van der Waals surface area contributed by atoms with Crippen LogP contribution in [0.3, 0.4) is 0 Å². The van der Waals surface area contributed by atoms with Crippen molar-refractivity contribution in [1.82, 2.24) is 0 Å². The van der Waals surface area contributed by atoms with Crippen molar-refractivity contribution in [2.45, 2.75) is 35.9 Å². The van der Waals surface area contributed by atoms with Gasteiger partial charge in [0.2, 0.25) is 0 Å². The SMILES string of the molecule is O=C(O)C1CC(SC2C=CC=C(C(F)(F)F)C2)C1. The first-order valence-electron chi connectivity index (χ1n) is 5.69. The number of hydrogen-bond donors (Lipinski definition) is 1. The Morgan fingerprint density at radius 1 is 1.39 bits per heavy atom. The molecule has 2 rings (SSSR count). The lowest BCUT2D eigenvalue weighted by Crippen LogP contribution is -2.33. The highest BCUT2D eigenvalue weighted by Gasteiger charge is 2.39. The first-order valence-corrected chi connectivity index (χ1v) is 6.63. The molecule has 1 saturated carbocycles. The molecule has 0 aromatic heterocycles. The first kappa shape index (κ1) is 13.5. The van der Waals surface area contributed by atoms with Gasteiger partial charge in [0.05, 0.1) is 5.92 Å². The largest absolute Gasteiger partial charge is 0.481 e. The molecule has 0 spiro atoms. The Balaban J connectivity index is 1.82. The molecule has 2 aliphatic rings. The molecule has 0 aromatic carbocycles. The van der Waals surface area contributed by atoms with Gasteiger partial charge < -0.3 is 5.11 Å². The van der Waals surface area contributed by atoms with Gasteiger partial charge in [-0.25, -0.2) is 0 Å². The van der Waals surface area contributed by atoms with Gasteiger partial charge in [-0.05, 0) is 19.3 Å². The molecule has 18 heavy (non-hydrogen) atoms. The normalized spacial score (nSPS) is 31.7. The number of carboxylic acids is 1. The number of thioether (sulfide) groups is 1. The Labute approximate surface area is 107 Å². The zero-order valence-electron chi connectivity index (χ0n) is 9.48. The van der Waals surface area contributed by atoms with Gasteiger partial charge in [-0.15, -0.1) is 0 Å². The number of carbonyl (C=O) groups is 1. The summed E-state index contributed by atoms with van der Waals surface area (Å²) in [6.07, 6.45) is 1.17. The van der Waals surface area contributed by atoms with E-state index in [0.717, 1.165) is 6.08 Å². The van der Waals surface area contributed by atoms with E-state index in [0.29, 0.717) is 12.8 Å². The topological polar surface area (TPSA) is 37.3 Å². The smallest absolute Gasteiger partial charge is 0.412 e. The van der Waals surface area contributed by atoms with E-state index >= 15 is 0 Å². The summed E-state index contributed by atoms with van der Waals surface area (Å²) in [5.41, 5.74) is -0.503. The predicted octanol–water partition coefficient (Wildman–Crippen LogP) is 3.40. The minimum Gasteiger partial charge on any atom is -0.481 e. The van der Waals surface area contributed by atoms with E-state index < -0.39 is 17.7 Å². The molecule has 1 N–H and O–H groups in total. The highest BCUT2D eigenvalue weighted by molar-refractivity contribution is 8.00. The second-order valence-corrected chi connectivity index (χ2v) is 6.13. The summed E-state index contributed by atoms with van der Waals surface area (Å²) >= 11 is 1.46. The maximum absolute atomic E-state index is 12.5. The minimum atomic E-state index is -4.26. The summed E-state index contributed by atoms with van der Waals surface area (Å²) in [5, 5.41) is 8.71. The molecule has 0 amide bonds. The quantitative estimate of drug-likeness (QED) is 0.859. The van der Waals surface area contributed by atoms with Crippen LogP contribution in [0.4, 0.5) is 13.2 Å². The molecule has 0 radical (unpaired) electrons. The van der Waals surface area contributed by atoms with Crippen molar-refractivity contribution < 1.29 is 23.1 Å². The van der Waals surface area contributed by atoms with Crippen LogP contribution < -0.4 is 0 Å². The molecule has 2 nitrogen and oxygen atoms in total.